The maximum absolute atomic E-state index is 11.5. The molecular weight excluding hydrogens is 290 g/mol. The number of hydrogen-bond acceptors (Lipinski definition) is 6. The van der Waals surface area contributed by atoms with Crippen molar-refractivity contribution in [3.63, 3.8) is 0 Å². The van der Waals surface area contributed by atoms with E-state index < -0.39 is 12.1 Å². The Balaban J connectivity index is 1.68. The van der Waals surface area contributed by atoms with Crippen LogP contribution in [0.2, 0.25) is 0 Å². The maximum Gasteiger partial charge on any atom is 0.415 e. The van der Waals surface area contributed by atoms with Gasteiger partial charge in [-0.3, -0.25) is 5.32 Å². The predicted molar refractivity (Wildman–Crippen MR) is 77.8 cm³/mol. The molecule has 1 aliphatic heterocycles. The average Bonchev–Trinajstić information content (AvgIpc) is 2.93. The maximum atomic E-state index is 11.5. The van der Waals surface area contributed by atoms with Gasteiger partial charge in [0.2, 0.25) is 0 Å². The molecule has 22 heavy (non-hydrogen) atoms. The normalized spacial score (nSPS) is 16.2. The molecule has 0 radical (unpaired) electrons. The van der Waals surface area contributed by atoms with E-state index in [9.17, 15) is 9.59 Å². The van der Waals surface area contributed by atoms with Crippen LogP contribution in [-0.2, 0) is 9.47 Å². The summed E-state index contributed by atoms with van der Waals surface area (Å²) in [6.07, 6.45) is -1.12. The van der Waals surface area contributed by atoms with Gasteiger partial charge in [0.1, 0.15) is 12.4 Å². The molecule has 1 aromatic rings. The molecule has 1 heterocycles. The van der Waals surface area contributed by atoms with Crippen LogP contribution in [0.3, 0.4) is 0 Å². The first kappa shape index (κ1) is 15.6. The molecule has 0 aliphatic carbocycles. The van der Waals surface area contributed by atoms with Crippen molar-refractivity contribution in [1.82, 2.24) is 10.6 Å². The minimum Gasteiger partial charge on any atom is -0.490 e. The lowest BCUT2D eigenvalue weighted by molar-refractivity contribution is 0.138. The molecule has 0 saturated heterocycles. The summed E-state index contributed by atoms with van der Waals surface area (Å²) in [5.74, 6) is 0.729. The molecule has 0 fully saturated rings. The molecule has 2 rings (SSSR count). The number of nitrogens with one attached hydrogen (secondary N) is 2. The van der Waals surface area contributed by atoms with Crippen molar-refractivity contribution in [2.75, 3.05) is 19.8 Å². The lowest BCUT2D eigenvalue weighted by Gasteiger charge is -2.13. The van der Waals surface area contributed by atoms with Gasteiger partial charge in [0, 0.05) is 0 Å². The van der Waals surface area contributed by atoms with Crippen LogP contribution >= 0.6 is 0 Å². The standard InChI is InChI=1S/C14H17N3O5/c1-2-20-14(19)17-12(18)16-13-15-8-11(22-13)9-21-10-6-4-3-5-7-10/h3-7,11H,2,8-9H2,1H3,(H2,15,16,17,18,19). The zero-order valence-electron chi connectivity index (χ0n) is 12.1. The minimum atomic E-state index is -0.831. The van der Waals surface area contributed by atoms with Gasteiger partial charge in [0.25, 0.3) is 6.02 Å². The summed E-state index contributed by atoms with van der Waals surface area (Å²) < 4.78 is 15.5. The molecule has 8 heteroatoms. The molecule has 1 atom stereocenters. The van der Waals surface area contributed by atoms with Gasteiger partial charge in [-0.25, -0.2) is 19.9 Å². The van der Waals surface area contributed by atoms with Crippen LogP contribution in [0, 0.1) is 0 Å². The van der Waals surface area contributed by atoms with Gasteiger partial charge in [-0.05, 0) is 19.1 Å². The fourth-order valence-electron chi connectivity index (χ4n) is 1.67. The van der Waals surface area contributed by atoms with Crippen molar-refractivity contribution in [3.05, 3.63) is 30.3 Å². The molecule has 1 aliphatic rings. The molecule has 3 amide bonds. The largest absolute Gasteiger partial charge is 0.490 e. The van der Waals surface area contributed by atoms with Crippen LogP contribution in [0.4, 0.5) is 9.59 Å². The second-order valence-electron chi connectivity index (χ2n) is 4.31. The zero-order chi connectivity index (χ0) is 15.8. The van der Waals surface area contributed by atoms with Gasteiger partial charge >= 0.3 is 12.1 Å². The second kappa shape index (κ2) is 7.87. The van der Waals surface area contributed by atoms with Crippen LogP contribution in [0.1, 0.15) is 6.92 Å². The van der Waals surface area contributed by atoms with Gasteiger partial charge in [0.15, 0.2) is 6.10 Å². The summed E-state index contributed by atoms with van der Waals surface area (Å²) in [7, 11) is 0. The van der Waals surface area contributed by atoms with Crippen LogP contribution in [-0.4, -0.2) is 44.0 Å². The van der Waals surface area contributed by atoms with Crippen molar-refractivity contribution in [3.8, 4) is 5.75 Å². The van der Waals surface area contributed by atoms with Crippen LogP contribution < -0.4 is 15.4 Å². The number of hydrogen-bond donors (Lipinski definition) is 2. The first-order chi connectivity index (χ1) is 10.7. The summed E-state index contributed by atoms with van der Waals surface area (Å²) in [4.78, 5) is 26.5. The number of benzene rings is 1. The molecule has 0 saturated carbocycles. The Morgan fingerprint density at radius 2 is 2.14 bits per heavy atom. The highest BCUT2D eigenvalue weighted by atomic mass is 16.6. The molecule has 1 unspecified atom stereocenters. The third kappa shape index (κ3) is 4.97. The van der Waals surface area contributed by atoms with Crippen molar-refractivity contribution in [1.29, 1.82) is 0 Å². The number of imide groups is 1. The molecule has 8 nitrogen and oxygen atoms in total. The fourth-order valence-corrected chi connectivity index (χ4v) is 1.67. The number of alkyl carbamates (subject to hydrolysis) is 1. The Kier molecular flexibility index (Phi) is 5.58. The lowest BCUT2D eigenvalue weighted by Crippen LogP contribution is -2.43. The topological polar surface area (TPSA) is 98.2 Å². The van der Waals surface area contributed by atoms with Crippen LogP contribution in [0.25, 0.3) is 0 Å². The number of carbonyl (C=O) groups is 2. The molecule has 0 bridgehead atoms. The van der Waals surface area contributed by atoms with E-state index in [1.165, 1.54) is 0 Å². The minimum absolute atomic E-state index is 0.0449. The SMILES string of the molecule is CCOC(=O)NC(=O)NC1=NCC(COc2ccccc2)O1. The number of carbonyl (C=O) groups excluding carboxylic acids is 2. The number of amidine groups is 1. The van der Waals surface area contributed by atoms with Crippen LogP contribution in [0.5, 0.6) is 5.75 Å². The van der Waals surface area contributed by atoms with E-state index in [-0.39, 0.29) is 18.7 Å². The Morgan fingerprint density at radius 3 is 2.86 bits per heavy atom. The monoisotopic (exact) mass is 307 g/mol. The van der Waals surface area contributed by atoms with Crippen molar-refractivity contribution in [2.24, 2.45) is 4.99 Å². The molecule has 118 valence electrons. The molecular formula is C14H17N3O5. The second-order valence-corrected chi connectivity index (χ2v) is 4.31. The van der Waals surface area contributed by atoms with Crippen molar-refractivity contribution < 1.29 is 23.8 Å². The first-order valence-electron chi connectivity index (χ1n) is 6.81. The summed E-state index contributed by atoms with van der Waals surface area (Å²) in [6.45, 7) is 2.48. The first-order valence-corrected chi connectivity index (χ1v) is 6.81. The van der Waals surface area contributed by atoms with Gasteiger partial charge in [0.05, 0.1) is 13.2 Å². The quantitative estimate of drug-likeness (QED) is 0.873. The van der Waals surface area contributed by atoms with Crippen LogP contribution in [0.15, 0.2) is 35.3 Å². The number of aliphatic imine (C=N–C) groups is 1. The summed E-state index contributed by atoms with van der Waals surface area (Å²) >= 11 is 0. The smallest absolute Gasteiger partial charge is 0.415 e. The van der Waals surface area contributed by atoms with E-state index >= 15 is 0 Å². The Bertz CT molecular complexity index is 547. The lowest BCUT2D eigenvalue weighted by atomic mass is 10.3. The molecule has 1 aromatic carbocycles. The molecule has 0 aromatic heterocycles. The third-order valence-electron chi connectivity index (χ3n) is 2.61. The number of amides is 3. The highest BCUT2D eigenvalue weighted by Gasteiger charge is 2.22. The zero-order valence-corrected chi connectivity index (χ0v) is 12.1. The summed E-state index contributed by atoms with van der Waals surface area (Å²) in [5, 5.41) is 4.29. The van der Waals surface area contributed by atoms with E-state index in [0.29, 0.717) is 13.2 Å². The summed E-state index contributed by atoms with van der Waals surface area (Å²) in [5.41, 5.74) is 0. The Labute approximate surface area is 127 Å². The number of rotatable bonds is 4. The van der Waals surface area contributed by atoms with Crippen molar-refractivity contribution in [2.45, 2.75) is 13.0 Å². The van der Waals surface area contributed by atoms with Gasteiger partial charge < -0.3 is 14.2 Å². The predicted octanol–water partition coefficient (Wildman–Crippen LogP) is 1.28. The number of ether oxygens (including phenoxy) is 3. The number of urea groups is 1. The fraction of sp³-hybridized carbons (Fsp3) is 0.357. The van der Waals surface area contributed by atoms with E-state index in [4.69, 9.17) is 9.47 Å². The number of para-hydroxylation sites is 1. The van der Waals surface area contributed by atoms with E-state index in [1.807, 2.05) is 35.6 Å². The van der Waals surface area contributed by atoms with Crippen molar-refractivity contribution >= 4 is 18.1 Å². The highest BCUT2D eigenvalue weighted by Crippen LogP contribution is 2.11. The van der Waals surface area contributed by atoms with Gasteiger partial charge in [-0.2, -0.15) is 0 Å². The molecule has 2 N–H and O–H groups in total. The van der Waals surface area contributed by atoms with Gasteiger partial charge in [-0.1, -0.05) is 18.2 Å². The Morgan fingerprint density at radius 1 is 1.36 bits per heavy atom. The van der Waals surface area contributed by atoms with Gasteiger partial charge in [-0.15, -0.1) is 0 Å². The Hall–Kier alpha value is -2.77. The number of nitrogens with zero attached hydrogens (tertiary/aromatic N) is 1. The average molecular weight is 307 g/mol. The third-order valence-corrected chi connectivity index (χ3v) is 2.61. The highest BCUT2D eigenvalue weighted by molar-refractivity contribution is 6.00. The molecule has 0 spiro atoms. The summed E-state index contributed by atoms with van der Waals surface area (Å²) in [6, 6.07) is 8.59. The van der Waals surface area contributed by atoms with E-state index in [1.54, 1.807) is 6.92 Å². The van der Waals surface area contributed by atoms with E-state index in [0.717, 1.165) is 5.75 Å². The van der Waals surface area contributed by atoms with E-state index in [2.05, 4.69) is 15.0 Å².